The lowest BCUT2D eigenvalue weighted by atomic mass is 10.1. The van der Waals surface area contributed by atoms with E-state index in [1.807, 2.05) is 12.1 Å². The summed E-state index contributed by atoms with van der Waals surface area (Å²) in [5, 5.41) is 3.13. The van der Waals surface area contributed by atoms with E-state index in [0.717, 1.165) is 6.42 Å². The zero-order valence-corrected chi connectivity index (χ0v) is 11.4. The van der Waals surface area contributed by atoms with Gasteiger partial charge in [-0.1, -0.05) is 24.3 Å². The standard InChI is InChI=1S/C15H18N4O/c1-10-4-2-3-5-11(10)6-7-18-15-13(14(17)20)8-12(16)9-19-15/h2-5,8-9H,6-7,16H2,1H3,(H2,17,20)(H,18,19). The van der Waals surface area contributed by atoms with Gasteiger partial charge in [-0.05, 0) is 30.5 Å². The first-order chi connectivity index (χ1) is 9.58. The lowest BCUT2D eigenvalue weighted by Crippen LogP contribution is -2.17. The number of aryl methyl sites for hydroxylation is 1. The first-order valence-corrected chi connectivity index (χ1v) is 6.41. The smallest absolute Gasteiger partial charge is 0.252 e. The van der Waals surface area contributed by atoms with Gasteiger partial charge in [-0.15, -0.1) is 0 Å². The molecule has 0 spiro atoms. The lowest BCUT2D eigenvalue weighted by molar-refractivity contribution is 0.100. The van der Waals surface area contributed by atoms with Crippen molar-refractivity contribution in [3.05, 3.63) is 53.2 Å². The van der Waals surface area contributed by atoms with Crippen LogP contribution in [-0.2, 0) is 6.42 Å². The van der Waals surface area contributed by atoms with Crippen molar-refractivity contribution in [3.63, 3.8) is 0 Å². The Balaban J connectivity index is 2.05. The van der Waals surface area contributed by atoms with E-state index in [1.165, 1.54) is 23.4 Å². The van der Waals surface area contributed by atoms with Crippen molar-refractivity contribution in [1.82, 2.24) is 4.98 Å². The number of nitrogens with two attached hydrogens (primary N) is 2. The maximum atomic E-state index is 11.3. The van der Waals surface area contributed by atoms with Gasteiger partial charge in [0.25, 0.3) is 5.91 Å². The number of amides is 1. The Morgan fingerprint density at radius 3 is 2.80 bits per heavy atom. The molecule has 0 unspecified atom stereocenters. The average Bonchev–Trinajstić information content (AvgIpc) is 2.42. The molecule has 0 fully saturated rings. The van der Waals surface area contributed by atoms with Crippen molar-refractivity contribution in [2.45, 2.75) is 13.3 Å². The molecule has 5 N–H and O–H groups in total. The number of nitrogen functional groups attached to an aromatic ring is 1. The normalized spacial score (nSPS) is 10.2. The highest BCUT2D eigenvalue weighted by Crippen LogP contribution is 2.15. The van der Waals surface area contributed by atoms with Crippen LogP contribution >= 0.6 is 0 Å². The first kappa shape index (κ1) is 13.9. The summed E-state index contributed by atoms with van der Waals surface area (Å²) in [6, 6.07) is 9.72. The Kier molecular flexibility index (Phi) is 4.20. The van der Waals surface area contributed by atoms with Crippen LogP contribution in [0.4, 0.5) is 11.5 Å². The molecular weight excluding hydrogens is 252 g/mol. The van der Waals surface area contributed by atoms with Crippen LogP contribution in [0.2, 0.25) is 0 Å². The summed E-state index contributed by atoms with van der Waals surface area (Å²) >= 11 is 0. The van der Waals surface area contributed by atoms with Crippen molar-refractivity contribution in [2.75, 3.05) is 17.6 Å². The van der Waals surface area contributed by atoms with Crippen LogP contribution in [-0.4, -0.2) is 17.4 Å². The molecule has 1 aromatic heterocycles. The SMILES string of the molecule is Cc1ccccc1CCNc1ncc(N)cc1C(N)=O. The van der Waals surface area contributed by atoms with E-state index in [0.29, 0.717) is 23.6 Å². The number of benzene rings is 1. The molecule has 0 aliphatic rings. The Labute approximate surface area is 118 Å². The minimum absolute atomic E-state index is 0.315. The molecule has 5 nitrogen and oxygen atoms in total. The van der Waals surface area contributed by atoms with Crippen molar-refractivity contribution in [3.8, 4) is 0 Å². The quantitative estimate of drug-likeness (QED) is 0.771. The van der Waals surface area contributed by atoms with Crippen LogP contribution in [0.1, 0.15) is 21.5 Å². The number of primary amides is 1. The molecule has 0 bridgehead atoms. The van der Waals surface area contributed by atoms with Gasteiger partial charge in [-0.3, -0.25) is 4.79 Å². The van der Waals surface area contributed by atoms with Crippen molar-refractivity contribution < 1.29 is 4.79 Å². The summed E-state index contributed by atoms with van der Waals surface area (Å²) < 4.78 is 0. The van der Waals surface area contributed by atoms with Crippen LogP contribution in [0, 0.1) is 6.92 Å². The van der Waals surface area contributed by atoms with Gasteiger partial charge < -0.3 is 16.8 Å². The van der Waals surface area contributed by atoms with Crippen LogP contribution < -0.4 is 16.8 Å². The fourth-order valence-corrected chi connectivity index (χ4v) is 2.02. The Morgan fingerprint density at radius 1 is 1.35 bits per heavy atom. The number of carbonyl (C=O) groups excluding carboxylic acids is 1. The zero-order valence-electron chi connectivity index (χ0n) is 11.4. The topological polar surface area (TPSA) is 94.0 Å². The molecular formula is C15H18N4O. The Morgan fingerprint density at radius 2 is 2.10 bits per heavy atom. The average molecular weight is 270 g/mol. The van der Waals surface area contributed by atoms with Crippen LogP contribution in [0.15, 0.2) is 36.5 Å². The number of aromatic nitrogens is 1. The summed E-state index contributed by atoms with van der Waals surface area (Å²) in [6.45, 7) is 2.74. The second-order valence-electron chi connectivity index (χ2n) is 4.63. The van der Waals surface area contributed by atoms with Gasteiger partial charge in [0.2, 0.25) is 0 Å². The third-order valence-electron chi connectivity index (χ3n) is 3.12. The predicted octanol–water partition coefficient (Wildman–Crippen LogP) is 1.73. The number of hydrogen-bond donors (Lipinski definition) is 3. The van der Waals surface area contributed by atoms with Gasteiger partial charge in [-0.2, -0.15) is 0 Å². The third kappa shape index (κ3) is 3.26. The number of pyridine rings is 1. The van der Waals surface area contributed by atoms with Gasteiger partial charge >= 0.3 is 0 Å². The molecule has 0 aliphatic heterocycles. The summed E-state index contributed by atoms with van der Waals surface area (Å²) in [6.07, 6.45) is 2.35. The maximum Gasteiger partial charge on any atom is 0.252 e. The Hall–Kier alpha value is -2.56. The molecule has 2 rings (SSSR count). The molecule has 1 aromatic carbocycles. The predicted molar refractivity (Wildman–Crippen MR) is 80.5 cm³/mol. The van der Waals surface area contributed by atoms with Gasteiger partial charge in [-0.25, -0.2) is 4.98 Å². The van der Waals surface area contributed by atoms with E-state index < -0.39 is 5.91 Å². The minimum Gasteiger partial charge on any atom is -0.397 e. The lowest BCUT2D eigenvalue weighted by Gasteiger charge is -2.10. The molecule has 1 heterocycles. The van der Waals surface area contributed by atoms with Gasteiger partial charge in [0.15, 0.2) is 0 Å². The fourth-order valence-electron chi connectivity index (χ4n) is 2.02. The summed E-state index contributed by atoms with van der Waals surface area (Å²) in [7, 11) is 0. The molecule has 1 amide bonds. The van der Waals surface area contributed by atoms with E-state index >= 15 is 0 Å². The molecule has 104 valence electrons. The number of anilines is 2. The second kappa shape index (κ2) is 6.06. The van der Waals surface area contributed by atoms with Crippen LogP contribution in [0.25, 0.3) is 0 Å². The number of rotatable bonds is 5. The first-order valence-electron chi connectivity index (χ1n) is 6.41. The highest BCUT2D eigenvalue weighted by molar-refractivity contribution is 5.98. The molecule has 0 atom stereocenters. The summed E-state index contributed by atoms with van der Waals surface area (Å²) in [5.41, 5.74) is 14.2. The summed E-state index contributed by atoms with van der Waals surface area (Å²) in [5.74, 6) is -0.0662. The van der Waals surface area contributed by atoms with Crippen molar-refractivity contribution in [2.24, 2.45) is 5.73 Å². The molecule has 2 aromatic rings. The number of hydrogen-bond acceptors (Lipinski definition) is 4. The van der Waals surface area contributed by atoms with Crippen LogP contribution in [0.3, 0.4) is 0 Å². The maximum absolute atomic E-state index is 11.3. The number of nitrogens with one attached hydrogen (secondary N) is 1. The van der Waals surface area contributed by atoms with Gasteiger partial charge in [0.1, 0.15) is 5.82 Å². The highest BCUT2D eigenvalue weighted by atomic mass is 16.1. The van der Waals surface area contributed by atoms with E-state index in [1.54, 1.807) is 0 Å². The van der Waals surface area contributed by atoms with Crippen LogP contribution in [0.5, 0.6) is 0 Å². The highest BCUT2D eigenvalue weighted by Gasteiger charge is 2.09. The van der Waals surface area contributed by atoms with Crippen molar-refractivity contribution >= 4 is 17.4 Å². The van der Waals surface area contributed by atoms with E-state index in [-0.39, 0.29) is 0 Å². The molecule has 5 heteroatoms. The molecule has 0 saturated carbocycles. The number of nitrogens with zero attached hydrogens (tertiary/aromatic N) is 1. The van der Waals surface area contributed by atoms with E-state index in [9.17, 15) is 4.79 Å². The third-order valence-corrected chi connectivity index (χ3v) is 3.12. The minimum atomic E-state index is -0.539. The fraction of sp³-hybridized carbons (Fsp3) is 0.200. The van der Waals surface area contributed by atoms with E-state index in [4.69, 9.17) is 11.5 Å². The molecule has 0 radical (unpaired) electrons. The molecule has 0 aliphatic carbocycles. The van der Waals surface area contributed by atoms with Gasteiger partial charge in [0.05, 0.1) is 17.4 Å². The largest absolute Gasteiger partial charge is 0.397 e. The molecule has 20 heavy (non-hydrogen) atoms. The Bertz CT molecular complexity index is 625. The van der Waals surface area contributed by atoms with E-state index in [2.05, 4.69) is 29.4 Å². The molecule has 0 saturated heterocycles. The summed E-state index contributed by atoms with van der Waals surface area (Å²) in [4.78, 5) is 15.5. The monoisotopic (exact) mass is 270 g/mol. The van der Waals surface area contributed by atoms with Crippen molar-refractivity contribution in [1.29, 1.82) is 0 Å². The second-order valence-corrected chi connectivity index (χ2v) is 4.63. The zero-order chi connectivity index (χ0) is 14.5. The number of carbonyl (C=O) groups is 1. The van der Waals surface area contributed by atoms with Gasteiger partial charge in [0, 0.05) is 6.54 Å².